The zero-order valence-electron chi connectivity index (χ0n) is 19.1. The van der Waals surface area contributed by atoms with Crippen molar-refractivity contribution in [2.45, 2.75) is 96.1 Å². The van der Waals surface area contributed by atoms with E-state index in [0.717, 1.165) is 6.42 Å². The predicted molar refractivity (Wildman–Crippen MR) is 111 cm³/mol. The standard InChI is InChI=1S/C22H37N3O5/c1-7-11-23-17(27)14-15-19(29)25(13(3)12-26)16(18(28)24-20(4,5)6)22(15)10-9-21(14,8-2)30-22/h13-16,26H,7-12H2,1-6H3,(H,23,27)(H,24,28)/t13-,14+,15+,16?,21-,22?/m1/s1. The molecule has 0 aromatic carbocycles. The van der Waals surface area contributed by atoms with E-state index in [1.54, 1.807) is 6.92 Å². The number of fused-ring (bicyclic) bond motifs is 1. The van der Waals surface area contributed by atoms with Crippen molar-refractivity contribution in [3.05, 3.63) is 0 Å². The molecule has 3 N–H and O–H groups in total. The van der Waals surface area contributed by atoms with Crippen LogP contribution in [-0.2, 0) is 19.1 Å². The molecule has 170 valence electrons. The number of amides is 3. The Balaban J connectivity index is 2.08. The summed E-state index contributed by atoms with van der Waals surface area (Å²) >= 11 is 0. The Kier molecular flexibility index (Phi) is 5.97. The maximum atomic E-state index is 13.7. The van der Waals surface area contributed by atoms with Gasteiger partial charge in [0.2, 0.25) is 17.7 Å². The summed E-state index contributed by atoms with van der Waals surface area (Å²) in [6.45, 7) is 11.6. The second-order valence-corrected chi connectivity index (χ2v) is 10.1. The molecule has 0 aromatic rings. The number of aliphatic hydroxyl groups is 1. The Morgan fingerprint density at radius 2 is 1.93 bits per heavy atom. The molecule has 3 fully saturated rings. The van der Waals surface area contributed by atoms with Gasteiger partial charge in [0, 0.05) is 12.1 Å². The highest BCUT2D eigenvalue weighted by molar-refractivity contribution is 5.99. The van der Waals surface area contributed by atoms with Gasteiger partial charge in [-0.15, -0.1) is 0 Å². The van der Waals surface area contributed by atoms with Gasteiger partial charge in [-0.3, -0.25) is 14.4 Å². The molecule has 6 atom stereocenters. The zero-order chi connectivity index (χ0) is 22.5. The Morgan fingerprint density at radius 3 is 2.47 bits per heavy atom. The Bertz CT molecular complexity index is 720. The maximum absolute atomic E-state index is 13.7. The Hall–Kier alpha value is -1.67. The van der Waals surface area contributed by atoms with Crippen LogP contribution in [0.25, 0.3) is 0 Å². The molecule has 0 aliphatic carbocycles. The smallest absolute Gasteiger partial charge is 0.246 e. The first-order chi connectivity index (χ1) is 14.0. The van der Waals surface area contributed by atoms with Crippen LogP contribution in [0.4, 0.5) is 0 Å². The lowest BCUT2D eigenvalue weighted by Crippen LogP contribution is -2.60. The van der Waals surface area contributed by atoms with Crippen LogP contribution in [0, 0.1) is 11.8 Å². The lowest BCUT2D eigenvalue weighted by molar-refractivity contribution is -0.151. The van der Waals surface area contributed by atoms with Gasteiger partial charge in [0.05, 0.1) is 30.1 Å². The van der Waals surface area contributed by atoms with Crippen LogP contribution < -0.4 is 10.6 Å². The Labute approximate surface area is 179 Å². The third-order valence-electron chi connectivity index (χ3n) is 6.94. The summed E-state index contributed by atoms with van der Waals surface area (Å²) in [6.07, 6.45) is 2.59. The van der Waals surface area contributed by atoms with E-state index in [4.69, 9.17) is 4.74 Å². The highest BCUT2D eigenvalue weighted by Gasteiger charge is 2.78. The van der Waals surface area contributed by atoms with Crippen molar-refractivity contribution < 1.29 is 24.2 Å². The first kappa shape index (κ1) is 23.0. The summed E-state index contributed by atoms with van der Waals surface area (Å²) in [4.78, 5) is 41.8. The number of rotatable bonds is 7. The highest BCUT2D eigenvalue weighted by atomic mass is 16.5. The van der Waals surface area contributed by atoms with E-state index in [9.17, 15) is 19.5 Å². The maximum Gasteiger partial charge on any atom is 0.246 e. The van der Waals surface area contributed by atoms with Crippen LogP contribution in [-0.4, -0.2) is 69.7 Å². The third-order valence-corrected chi connectivity index (χ3v) is 6.94. The van der Waals surface area contributed by atoms with Crippen molar-refractivity contribution in [1.29, 1.82) is 0 Å². The first-order valence-electron chi connectivity index (χ1n) is 11.2. The zero-order valence-corrected chi connectivity index (χ0v) is 19.1. The fourth-order valence-corrected chi connectivity index (χ4v) is 5.71. The minimum Gasteiger partial charge on any atom is -0.394 e. The number of carbonyl (C=O) groups excluding carboxylic acids is 3. The third kappa shape index (κ3) is 3.32. The molecule has 8 heteroatoms. The second kappa shape index (κ2) is 7.79. The molecule has 0 aromatic heterocycles. The first-order valence-corrected chi connectivity index (χ1v) is 11.2. The van der Waals surface area contributed by atoms with Crippen LogP contribution in [0.1, 0.15) is 67.2 Å². The molecule has 0 radical (unpaired) electrons. The van der Waals surface area contributed by atoms with Crippen molar-refractivity contribution in [1.82, 2.24) is 15.5 Å². The summed E-state index contributed by atoms with van der Waals surface area (Å²) in [5, 5.41) is 15.8. The number of nitrogens with zero attached hydrogens (tertiary/aromatic N) is 1. The van der Waals surface area contributed by atoms with Crippen LogP contribution in [0.5, 0.6) is 0 Å². The van der Waals surface area contributed by atoms with Crippen molar-refractivity contribution in [2.24, 2.45) is 11.8 Å². The van der Waals surface area contributed by atoms with Gasteiger partial charge in [-0.05, 0) is 53.4 Å². The largest absolute Gasteiger partial charge is 0.394 e. The lowest BCUT2D eigenvalue weighted by Gasteiger charge is -2.37. The Morgan fingerprint density at radius 1 is 1.27 bits per heavy atom. The van der Waals surface area contributed by atoms with Crippen molar-refractivity contribution >= 4 is 17.7 Å². The van der Waals surface area contributed by atoms with Crippen LogP contribution >= 0.6 is 0 Å². The predicted octanol–water partition coefficient (Wildman–Crippen LogP) is 0.963. The van der Waals surface area contributed by atoms with E-state index in [-0.39, 0.29) is 24.3 Å². The molecular weight excluding hydrogens is 386 g/mol. The lowest BCUT2D eigenvalue weighted by atomic mass is 9.65. The molecule has 3 aliphatic rings. The highest BCUT2D eigenvalue weighted by Crippen LogP contribution is 2.64. The van der Waals surface area contributed by atoms with Gasteiger partial charge < -0.3 is 25.4 Å². The molecule has 3 saturated heterocycles. The molecule has 2 unspecified atom stereocenters. The van der Waals surface area contributed by atoms with E-state index in [1.165, 1.54) is 4.90 Å². The number of likely N-dealkylation sites (tertiary alicyclic amines) is 1. The average Bonchev–Trinajstić information content (AvgIpc) is 3.27. The molecule has 3 aliphatic heterocycles. The van der Waals surface area contributed by atoms with Crippen molar-refractivity contribution in [3.63, 3.8) is 0 Å². The number of aliphatic hydroxyl groups excluding tert-OH is 1. The van der Waals surface area contributed by atoms with E-state index in [0.29, 0.717) is 25.8 Å². The van der Waals surface area contributed by atoms with Crippen LogP contribution in [0.3, 0.4) is 0 Å². The minimum atomic E-state index is -1.04. The topological polar surface area (TPSA) is 108 Å². The quantitative estimate of drug-likeness (QED) is 0.565. The van der Waals surface area contributed by atoms with Crippen molar-refractivity contribution in [2.75, 3.05) is 13.2 Å². The van der Waals surface area contributed by atoms with Gasteiger partial charge in [-0.2, -0.15) is 0 Å². The summed E-state index contributed by atoms with van der Waals surface area (Å²) in [5.74, 6) is -2.08. The van der Waals surface area contributed by atoms with Crippen molar-refractivity contribution in [3.8, 4) is 0 Å². The molecule has 3 amide bonds. The number of hydrogen-bond donors (Lipinski definition) is 3. The summed E-state index contributed by atoms with van der Waals surface area (Å²) in [5.41, 5.74) is -2.26. The second-order valence-electron chi connectivity index (χ2n) is 10.1. The van der Waals surface area contributed by atoms with Gasteiger partial charge in [-0.25, -0.2) is 0 Å². The van der Waals surface area contributed by atoms with Gasteiger partial charge in [-0.1, -0.05) is 13.8 Å². The number of carbonyl (C=O) groups is 3. The summed E-state index contributed by atoms with van der Waals surface area (Å²) in [7, 11) is 0. The molecule has 3 rings (SSSR count). The van der Waals surface area contributed by atoms with Gasteiger partial charge in [0.1, 0.15) is 11.6 Å². The SMILES string of the molecule is CCCNC(=O)[C@@H]1[C@H]2C(=O)N([C@H](C)CO)C(C(=O)NC(C)(C)C)C23CC[C@@]1(CC)O3. The fraction of sp³-hybridized carbons (Fsp3) is 0.864. The fourth-order valence-electron chi connectivity index (χ4n) is 5.71. The normalized spacial score (nSPS) is 36.0. The molecule has 3 heterocycles. The van der Waals surface area contributed by atoms with E-state index in [2.05, 4.69) is 10.6 Å². The minimum absolute atomic E-state index is 0.174. The van der Waals surface area contributed by atoms with Crippen LogP contribution in [0.2, 0.25) is 0 Å². The molecular formula is C22H37N3O5. The number of ether oxygens (including phenoxy) is 1. The van der Waals surface area contributed by atoms with E-state index < -0.39 is 40.7 Å². The molecule has 8 nitrogen and oxygen atoms in total. The molecule has 0 saturated carbocycles. The molecule has 30 heavy (non-hydrogen) atoms. The van der Waals surface area contributed by atoms with Crippen LogP contribution in [0.15, 0.2) is 0 Å². The average molecular weight is 424 g/mol. The van der Waals surface area contributed by atoms with E-state index >= 15 is 0 Å². The molecule has 2 bridgehead atoms. The number of hydrogen-bond acceptors (Lipinski definition) is 5. The number of nitrogens with one attached hydrogen (secondary N) is 2. The monoisotopic (exact) mass is 423 g/mol. The van der Waals surface area contributed by atoms with Gasteiger partial charge in [0.25, 0.3) is 0 Å². The van der Waals surface area contributed by atoms with E-state index in [1.807, 2.05) is 34.6 Å². The van der Waals surface area contributed by atoms with Gasteiger partial charge >= 0.3 is 0 Å². The molecule has 1 spiro atoms. The van der Waals surface area contributed by atoms with Gasteiger partial charge in [0.15, 0.2) is 0 Å². The summed E-state index contributed by atoms with van der Waals surface area (Å²) < 4.78 is 6.61. The summed E-state index contributed by atoms with van der Waals surface area (Å²) in [6, 6.07) is -1.42.